The molecule has 0 aliphatic rings. The number of hydrogen-bond donors (Lipinski definition) is 0. The minimum atomic E-state index is 0.478. The van der Waals surface area contributed by atoms with Crippen LogP contribution in [0.3, 0.4) is 0 Å². The molecule has 0 aromatic heterocycles. The van der Waals surface area contributed by atoms with Gasteiger partial charge in [-0.05, 0) is 12.3 Å². The summed E-state index contributed by atoms with van der Waals surface area (Å²) in [6, 6.07) is 0. The van der Waals surface area contributed by atoms with Crippen molar-refractivity contribution >= 4 is 0 Å². The third kappa shape index (κ3) is 8.92. The number of hydrogen-bond acceptors (Lipinski definition) is 0. The van der Waals surface area contributed by atoms with Gasteiger partial charge in [-0.3, -0.25) is 0 Å². The van der Waals surface area contributed by atoms with Crippen molar-refractivity contribution in [2.45, 2.75) is 53.4 Å². The first-order chi connectivity index (χ1) is 6.66. The van der Waals surface area contributed by atoms with Crippen LogP contribution in [0.15, 0.2) is 0 Å². The summed E-state index contributed by atoms with van der Waals surface area (Å²) >= 11 is 0. The van der Waals surface area contributed by atoms with E-state index in [0.717, 1.165) is 10.4 Å². The summed E-state index contributed by atoms with van der Waals surface area (Å²) in [5.41, 5.74) is 0.478. The Bertz CT molecular complexity index is 165. The van der Waals surface area contributed by atoms with E-state index >= 15 is 0 Å². The Labute approximate surface area is 97.5 Å². The van der Waals surface area contributed by atoms with Crippen LogP contribution in [0, 0.1) is 11.3 Å². The minimum absolute atomic E-state index is 0.478. The van der Waals surface area contributed by atoms with Gasteiger partial charge in [0.25, 0.3) is 0 Å². The van der Waals surface area contributed by atoms with Gasteiger partial charge in [0.1, 0.15) is 0 Å². The monoisotopic (exact) mass is 214 g/mol. The Balaban J connectivity index is 4.01. The molecule has 0 aromatic rings. The first-order valence-corrected chi connectivity index (χ1v) is 6.47. The van der Waals surface area contributed by atoms with Crippen molar-refractivity contribution in [2.24, 2.45) is 11.3 Å². The van der Waals surface area contributed by atoms with Crippen LogP contribution in [0.25, 0.3) is 0 Å². The fraction of sp³-hybridized carbons (Fsp3) is 1.00. The van der Waals surface area contributed by atoms with Crippen molar-refractivity contribution in [3.63, 3.8) is 0 Å². The van der Waals surface area contributed by atoms with E-state index in [1.54, 1.807) is 0 Å². The van der Waals surface area contributed by atoms with E-state index in [4.69, 9.17) is 0 Å². The van der Waals surface area contributed by atoms with E-state index in [1.807, 2.05) is 0 Å². The van der Waals surface area contributed by atoms with Crippen molar-refractivity contribution in [2.75, 3.05) is 27.7 Å². The molecule has 0 saturated heterocycles. The smallest absolute Gasteiger partial charge is 0.0832 e. The van der Waals surface area contributed by atoms with Gasteiger partial charge >= 0.3 is 0 Å². The molecule has 0 N–H and O–H groups in total. The van der Waals surface area contributed by atoms with Crippen molar-refractivity contribution < 1.29 is 4.48 Å². The van der Waals surface area contributed by atoms with Gasteiger partial charge in [-0.25, -0.2) is 0 Å². The molecule has 0 radical (unpaired) electrons. The van der Waals surface area contributed by atoms with Crippen LogP contribution in [0.4, 0.5) is 0 Å². The third-order valence-electron chi connectivity index (χ3n) is 2.85. The fourth-order valence-corrected chi connectivity index (χ4v) is 2.95. The summed E-state index contributed by atoms with van der Waals surface area (Å²) < 4.78 is 1.08. The molecule has 0 aliphatic carbocycles. The summed E-state index contributed by atoms with van der Waals surface area (Å²) in [6.45, 7) is 10.8. The van der Waals surface area contributed by atoms with Crippen LogP contribution in [-0.2, 0) is 0 Å². The van der Waals surface area contributed by atoms with Gasteiger partial charge in [0.15, 0.2) is 0 Å². The van der Waals surface area contributed by atoms with E-state index < -0.39 is 0 Å². The second-order valence-electron chi connectivity index (χ2n) is 7.06. The largest absolute Gasteiger partial charge is 0.330 e. The molecule has 0 heterocycles. The lowest BCUT2D eigenvalue weighted by Crippen LogP contribution is -2.43. The van der Waals surface area contributed by atoms with Crippen LogP contribution in [0.2, 0.25) is 0 Å². The lowest BCUT2D eigenvalue weighted by molar-refractivity contribution is -0.877. The first kappa shape index (κ1) is 15.0. The zero-order chi connectivity index (χ0) is 12.1. The summed E-state index contributed by atoms with van der Waals surface area (Å²) in [6.07, 6.45) is 5.49. The van der Waals surface area contributed by atoms with Gasteiger partial charge in [0.2, 0.25) is 0 Å². The van der Waals surface area contributed by atoms with Gasteiger partial charge in [-0.2, -0.15) is 0 Å². The second kappa shape index (κ2) is 5.89. The normalized spacial score (nSPS) is 15.4. The molecular formula is C14H32N+. The maximum Gasteiger partial charge on any atom is 0.0832 e. The molecule has 0 aromatic carbocycles. The quantitative estimate of drug-likeness (QED) is 0.563. The topological polar surface area (TPSA) is 0 Å². The fourth-order valence-electron chi connectivity index (χ4n) is 2.95. The molecule has 0 bridgehead atoms. The highest BCUT2D eigenvalue weighted by Crippen LogP contribution is 2.29. The van der Waals surface area contributed by atoms with Gasteiger partial charge in [-0.1, -0.05) is 47.0 Å². The molecule has 0 aliphatic heterocycles. The summed E-state index contributed by atoms with van der Waals surface area (Å²) in [4.78, 5) is 0. The Morgan fingerprint density at radius 1 is 1.13 bits per heavy atom. The predicted octanol–water partition coefficient (Wildman–Crippen LogP) is 3.94. The van der Waals surface area contributed by atoms with Crippen molar-refractivity contribution in [3.05, 3.63) is 0 Å². The van der Waals surface area contributed by atoms with E-state index in [-0.39, 0.29) is 0 Å². The zero-order valence-electron chi connectivity index (χ0n) is 12.1. The molecule has 0 rings (SSSR count). The Hall–Kier alpha value is -0.0400. The summed E-state index contributed by atoms with van der Waals surface area (Å²) in [5.74, 6) is 0.881. The van der Waals surface area contributed by atoms with Gasteiger partial charge < -0.3 is 4.48 Å². The van der Waals surface area contributed by atoms with E-state index in [1.165, 1.54) is 32.2 Å². The van der Waals surface area contributed by atoms with Gasteiger partial charge in [0, 0.05) is 5.41 Å². The predicted molar refractivity (Wildman–Crippen MR) is 70.0 cm³/mol. The average Bonchev–Trinajstić information content (AvgIpc) is 1.94. The number of quaternary nitrogens is 1. The number of nitrogens with zero attached hydrogens (tertiary/aromatic N) is 1. The van der Waals surface area contributed by atoms with Crippen LogP contribution < -0.4 is 0 Å². The summed E-state index contributed by atoms with van der Waals surface area (Å²) in [7, 11) is 6.87. The van der Waals surface area contributed by atoms with E-state index in [9.17, 15) is 0 Å². The zero-order valence-corrected chi connectivity index (χ0v) is 12.1. The van der Waals surface area contributed by atoms with Gasteiger partial charge in [0.05, 0.1) is 27.7 Å². The van der Waals surface area contributed by atoms with Crippen molar-refractivity contribution in [3.8, 4) is 0 Å². The molecule has 0 spiro atoms. The molecule has 1 heteroatoms. The molecule has 92 valence electrons. The third-order valence-corrected chi connectivity index (χ3v) is 2.85. The lowest BCUT2D eigenvalue weighted by atomic mass is 9.81. The number of rotatable bonds is 7. The maximum absolute atomic E-state index is 2.42. The molecule has 15 heavy (non-hydrogen) atoms. The van der Waals surface area contributed by atoms with Crippen LogP contribution in [0.1, 0.15) is 53.4 Å². The Morgan fingerprint density at radius 2 is 1.67 bits per heavy atom. The van der Waals surface area contributed by atoms with Crippen LogP contribution >= 0.6 is 0 Å². The minimum Gasteiger partial charge on any atom is -0.330 e. The molecule has 0 saturated carbocycles. The van der Waals surface area contributed by atoms with E-state index in [2.05, 4.69) is 48.8 Å². The van der Waals surface area contributed by atoms with Crippen molar-refractivity contribution in [1.82, 2.24) is 0 Å². The molecule has 0 fully saturated rings. The van der Waals surface area contributed by atoms with Crippen LogP contribution in [0.5, 0.6) is 0 Å². The van der Waals surface area contributed by atoms with Gasteiger partial charge in [-0.15, -0.1) is 0 Å². The second-order valence-corrected chi connectivity index (χ2v) is 7.06. The molecular weight excluding hydrogens is 182 g/mol. The molecule has 1 unspecified atom stereocenters. The first-order valence-electron chi connectivity index (χ1n) is 6.47. The Kier molecular flexibility index (Phi) is 5.87. The molecule has 1 atom stereocenters. The highest BCUT2D eigenvalue weighted by molar-refractivity contribution is 4.71. The number of unbranched alkanes of at least 4 members (excludes halogenated alkanes) is 1. The van der Waals surface area contributed by atoms with Crippen LogP contribution in [-0.4, -0.2) is 32.2 Å². The van der Waals surface area contributed by atoms with Crippen molar-refractivity contribution in [1.29, 1.82) is 0 Å². The SMILES string of the molecule is CCCCC(C)CC(C)(C)C[N+](C)(C)C. The molecule has 1 nitrogen and oxygen atoms in total. The lowest BCUT2D eigenvalue weighted by Gasteiger charge is -2.35. The standard InChI is InChI=1S/C14H32N/c1-8-9-10-13(2)11-14(3,4)12-15(5,6)7/h13H,8-12H2,1-7H3/q+1. The Morgan fingerprint density at radius 3 is 2.07 bits per heavy atom. The molecule has 0 amide bonds. The average molecular weight is 214 g/mol. The van der Waals surface area contributed by atoms with E-state index in [0.29, 0.717) is 5.41 Å². The highest BCUT2D eigenvalue weighted by atomic mass is 15.3. The highest BCUT2D eigenvalue weighted by Gasteiger charge is 2.27. The summed E-state index contributed by atoms with van der Waals surface area (Å²) in [5, 5.41) is 0. The maximum atomic E-state index is 2.42.